The van der Waals surface area contributed by atoms with Crippen molar-refractivity contribution in [2.24, 2.45) is 5.10 Å². The van der Waals surface area contributed by atoms with Gasteiger partial charge in [-0.15, -0.1) is 13.2 Å². The molecule has 0 saturated carbocycles. The van der Waals surface area contributed by atoms with Gasteiger partial charge in [0.25, 0.3) is 0 Å². The van der Waals surface area contributed by atoms with Gasteiger partial charge in [0.2, 0.25) is 0 Å². The zero-order valence-corrected chi connectivity index (χ0v) is 14.7. The number of pyridine rings is 1. The van der Waals surface area contributed by atoms with Gasteiger partial charge >= 0.3 is 6.36 Å². The van der Waals surface area contributed by atoms with Gasteiger partial charge in [0, 0.05) is 30.4 Å². The molecule has 0 unspecified atom stereocenters. The Labute approximate surface area is 163 Å². The molecular weight excluding hydrogens is 387 g/mol. The molecule has 0 aliphatic heterocycles. The van der Waals surface area contributed by atoms with Crippen molar-refractivity contribution in [3.8, 4) is 5.75 Å². The minimum absolute atomic E-state index is 0.209. The zero-order valence-electron chi connectivity index (χ0n) is 14.7. The summed E-state index contributed by atoms with van der Waals surface area (Å²) < 4.78 is 41.1. The molecular formula is C18H14F3N7O. The fourth-order valence-electron chi connectivity index (χ4n) is 2.25. The predicted octanol–water partition coefficient (Wildman–Crippen LogP) is 3.96. The van der Waals surface area contributed by atoms with Gasteiger partial charge in [0.15, 0.2) is 5.82 Å². The van der Waals surface area contributed by atoms with E-state index in [2.05, 4.69) is 35.5 Å². The lowest BCUT2D eigenvalue weighted by molar-refractivity contribution is -0.274. The number of aromatic nitrogens is 3. The van der Waals surface area contributed by atoms with Crippen LogP contribution in [0.15, 0.2) is 60.2 Å². The number of halogens is 3. The molecule has 1 aromatic carbocycles. The number of nitrogens with one attached hydrogen (secondary N) is 3. The van der Waals surface area contributed by atoms with Crippen molar-refractivity contribution in [2.45, 2.75) is 6.36 Å². The van der Waals surface area contributed by atoms with E-state index in [9.17, 15) is 13.2 Å². The third kappa shape index (κ3) is 5.73. The molecule has 11 heteroatoms. The van der Waals surface area contributed by atoms with Crippen molar-refractivity contribution in [1.29, 1.82) is 5.41 Å². The average Bonchev–Trinajstić information content (AvgIpc) is 2.68. The number of nitrogens with zero attached hydrogens (tertiary/aromatic N) is 4. The second-order valence-corrected chi connectivity index (χ2v) is 5.48. The smallest absolute Gasteiger partial charge is 0.406 e. The van der Waals surface area contributed by atoms with Crippen molar-refractivity contribution >= 4 is 29.8 Å². The van der Waals surface area contributed by atoms with Crippen LogP contribution in [-0.4, -0.2) is 33.7 Å². The Kier molecular flexibility index (Phi) is 5.97. The van der Waals surface area contributed by atoms with Gasteiger partial charge in [0.1, 0.15) is 17.9 Å². The molecule has 0 spiro atoms. The first-order chi connectivity index (χ1) is 13.9. The molecule has 29 heavy (non-hydrogen) atoms. The number of hydrazone groups is 1. The molecule has 3 aromatic rings. The van der Waals surface area contributed by atoms with Crippen LogP contribution in [0.3, 0.4) is 0 Å². The Morgan fingerprint density at radius 3 is 2.55 bits per heavy atom. The molecule has 148 valence electrons. The molecule has 0 aliphatic rings. The summed E-state index contributed by atoms with van der Waals surface area (Å²) in [6.07, 6.45) is 2.22. The van der Waals surface area contributed by atoms with Crippen LogP contribution in [0.2, 0.25) is 0 Å². The van der Waals surface area contributed by atoms with E-state index < -0.39 is 6.36 Å². The van der Waals surface area contributed by atoms with E-state index >= 15 is 0 Å². The summed E-state index contributed by atoms with van der Waals surface area (Å²) in [5, 5.41) is 14.5. The summed E-state index contributed by atoms with van der Waals surface area (Å²) in [7, 11) is 0. The maximum Gasteiger partial charge on any atom is 0.573 e. The first-order valence-corrected chi connectivity index (χ1v) is 8.12. The maximum absolute atomic E-state index is 12.4. The second kappa shape index (κ2) is 8.78. The lowest BCUT2D eigenvalue weighted by Crippen LogP contribution is -2.17. The number of hydrogen-bond donors (Lipinski definition) is 3. The number of alkyl halides is 3. The van der Waals surface area contributed by atoms with Crippen molar-refractivity contribution in [3.63, 3.8) is 0 Å². The molecule has 0 aliphatic carbocycles. The molecule has 3 rings (SSSR count). The Bertz CT molecular complexity index is 1010. The van der Waals surface area contributed by atoms with Gasteiger partial charge < -0.3 is 15.5 Å². The monoisotopic (exact) mass is 401 g/mol. The fraction of sp³-hybridized carbons (Fsp3) is 0.0556. The Hall–Kier alpha value is -4.02. The molecule has 0 radical (unpaired) electrons. The van der Waals surface area contributed by atoms with E-state index in [0.717, 1.165) is 17.8 Å². The lowest BCUT2D eigenvalue weighted by Gasteiger charge is -2.13. The number of anilines is 3. The normalized spacial score (nSPS) is 11.3. The molecule has 2 heterocycles. The van der Waals surface area contributed by atoms with Gasteiger partial charge in [-0.1, -0.05) is 6.07 Å². The van der Waals surface area contributed by atoms with Crippen LogP contribution in [-0.2, 0) is 0 Å². The van der Waals surface area contributed by atoms with Crippen LogP contribution in [0.5, 0.6) is 5.75 Å². The zero-order chi connectivity index (χ0) is 20.7. The predicted molar refractivity (Wildman–Crippen MR) is 102 cm³/mol. The molecule has 0 atom stereocenters. The van der Waals surface area contributed by atoms with E-state index in [0.29, 0.717) is 5.69 Å². The highest BCUT2D eigenvalue weighted by molar-refractivity contribution is 5.92. The van der Waals surface area contributed by atoms with Crippen molar-refractivity contribution in [1.82, 2.24) is 15.0 Å². The third-order valence-corrected chi connectivity index (χ3v) is 3.45. The molecule has 3 N–H and O–H groups in total. The van der Waals surface area contributed by atoms with E-state index in [4.69, 9.17) is 5.41 Å². The van der Waals surface area contributed by atoms with Gasteiger partial charge in [-0.2, -0.15) is 5.10 Å². The number of ether oxygens (including phenoxy) is 1. The summed E-state index contributed by atoms with van der Waals surface area (Å²) in [4.78, 5) is 12.0. The van der Waals surface area contributed by atoms with E-state index in [1.807, 2.05) is 0 Å². The van der Waals surface area contributed by atoms with E-state index in [1.54, 1.807) is 30.7 Å². The van der Waals surface area contributed by atoms with Crippen LogP contribution in [0, 0.1) is 5.41 Å². The number of rotatable bonds is 7. The highest BCUT2D eigenvalue weighted by Crippen LogP contribution is 2.27. The topological polar surface area (TPSA) is 108 Å². The molecule has 0 fully saturated rings. The summed E-state index contributed by atoms with van der Waals surface area (Å²) in [5.41, 5.74) is 4.07. The maximum atomic E-state index is 12.4. The Morgan fingerprint density at radius 2 is 1.83 bits per heavy atom. The highest BCUT2D eigenvalue weighted by atomic mass is 19.4. The van der Waals surface area contributed by atoms with Crippen LogP contribution in [0.1, 0.15) is 11.1 Å². The molecule has 0 amide bonds. The SMILES string of the molecule is N=Cc1c(N/N=C/c2ccncc2)ncnc1Nc1cccc(OC(F)(F)F)c1. The van der Waals surface area contributed by atoms with Crippen LogP contribution >= 0.6 is 0 Å². The summed E-state index contributed by atoms with van der Waals surface area (Å²) >= 11 is 0. The molecule has 8 nitrogen and oxygen atoms in total. The van der Waals surface area contributed by atoms with Crippen LogP contribution in [0.25, 0.3) is 0 Å². The van der Waals surface area contributed by atoms with Gasteiger partial charge in [0.05, 0.1) is 11.8 Å². The van der Waals surface area contributed by atoms with E-state index in [1.165, 1.54) is 24.5 Å². The minimum atomic E-state index is -4.79. The molecule has 0 bridgehead atoms. The summed E-state index contributed by atoms with van der Waals surface area (Å²) in [6, 6.07) is 8.78. The number of benzene rings is 1. The largest absolute Gasteiger partial charge is 0.573 e. The van der Waals surface area contributed by atoms with Gasteiger partial charge in [-0.3, -0.25) is 10.4 Å². The Morgan fingerprint density at radius 1 is 1.07 bits per heavy atom. The van der Waals surface area contributed by atoms with Crippen LogP contribution in [0.4, 0.5) is 30.5 Å². The standard InChI is InChI=1S/C18H14F3N7O/c19-18(20,21)29-14-3-1-2-13(8-14)27-16-15(9-22)17(25-11-24-16)28-26-10-12-4-6-23-7-5-12/h1-11,22H,(H2,24,25,27,28)/b22-9?,26-10+. The summed E-state index contributed by atoms with van der Waals surface area (Å²) in [5.74, 6) is 0.0690. The summed E-state index contributed by atoms with van der Waals surface area (Å²) in [6.45, 7) is 0. The molecule has 0 saturated heterocycles. The van der Waals surface area contributed by atoms with Crippen molar-refractivity contribution in [3.05, 3.63) is 66.2 Å². The quantitative estimate of drug-likeness (QED) is 0.409. The first-order valence-electron chi connectivity index (χ1n) is 8.12. The van der Waals surface area contributed by atoms with Crippen molar-refractivity contribution < 1.29 is 17.9 Å². The lowest BCUT2D eigenvalue weighted by atomic mass is 10.2. The average molecular weight is 401 g/mol. The minimum Gasteiger partial charge on any atom is -0.406 e. The fourth-order valence-corrected chi connectivity index (χ4v) is 2.25. The van der Waals surface area contributed by atoms with Gasteiger partial charge in [-0.05, 0) is 29.8 Å². The third-order valence-electron chi connectivity index (χ3n) is 3.45. The van der Waals surface area contributed by atoms with Crippen LogP contribution < -0.4 is 15.5 Å². The Balaban J connectivity index is 1.78. The highest BCUT2D eigenvalue weighted by Gasteiger charge is 2.31. The molecule has 2 aromatic heterocycles. The first kappa shape index (κ1) is 19.7. The van der Waals surface area contributed by atoms with Gasteiger partial charge in [-0.25, -0.2) is 9.97 Å². The van der Waals surface area contributed by atoms with E-state index in [-0.39, 0.29) is 22.9 Å². The number of hydrogen-bond acceptors (Lipinski definition) is 8. The second-order valence-electron chi connectivity index (χ2n) is 5.48. The van der Waals surface area contributed by atoms with Crippen molar-refractivity contribution in [2.75, 3.05) is 10.7 Å².